The van der Waals surface area contributed by atoms with Crippen LogP contribution in [0.25, 0.3) is 11.0 Å². The Bertz CT molecular complexity index is 1230. The first kappa shape index (κ1) is 24.1. The Morgan fingerprint density at radius 1 is 1.15 bits per heavy atom. The molecule has 0 spiro atoms. The molecule has 6 heteroatoms. The number of carbonyl (C=O) groups is 1. The number of hydrogen-bond acceptors (Lipinski definition) is 6. The van der Waals surface area contributed by atoms with Gasteiger partial charge < -0.3 is 14.1 Å². The number of esters is 1. The van der Waals surface area contributed by atoms with E-state index in [1.807, 2.05) is 19.1 Å². The van der Waals surface area contributed by atoms with Gasteiger partial charge >= 0.3 is 5.97 Å². The maximum absolute atomic E-state index is 13.5. The maximum atomic E-state index is 13.5. The van der Waals surface area contributed by atoms with E-state index in [1.165, 1.54) is 0 Å². The molecule has 2 atom stereocenters. The molecule has 3 aromatic rings. The average molecular weight is 463 g/mol. The number of aryl methyl sites for hydroxylation is 1. The number of carbonyl (C=O) groups excluding carboxylic acids is 1. The highest BCUT2D eigenvalue weighted by molar-refractivity contribution is 5.94. The Hall–Kier alpha value is -2.99. The first-order valence-electron chi connectivity index (χ1n) is 12.4. The van der Waals surface area contributed by atoms with Gasteiger partial charge in [-0.25, -0.2) is 4.79 Å². The fourth-order valence-electron chi connectivity index (χ4n) is 4.64. The fraction of sp³-hybridized carbons (Fsp3) is 0.464. The van der Waals surface area contributed by atoms with Gasteiger partial charge in [-0.1, -0.05) is 33.3 Å². The molecule has 0 radical (unpaired) electrons. The number of nitrogens with zero attached hydrogens (tertiary/aromatic N) is 2. The van der Waals surface area contributed by atoms with Crippen LogP contribution in [0.5, 0.6) is 0 Å². The summed E-state index contributed by atoms with van der Waals surface area (Å²) in [5, 5.41) is 0.441. The average Bonchev–Trinajstić information content (AvgIpc) is 3.64. The van der Waals surface area contributed by atoms with Crippen LogP contribution >= 0.6 is 0 Å². The normalized spacial score (nSPS) is 17.3. The van der Waals surface area contributed by atoms with E-state index in [0.717, 1.165) is 48.6 Å². The Labute approximate surface area is 200 Å². The third-order valence-corrected chi connectivity index (χ3v) is 6.70. The van der Waals surface area contributed by atoms with Crippen molar-refractivity contribution in [3.8, 4) is 0 Å². The molecule has 2 heterocycles. The van der Waals surface area contributed by atoms with Gasteiger partial charge in [0.1, 0.15) is 18.0 Å². The quantitative estimate of drug-likeness (QED) is 0.385. The summed E-state index contributed by atoms with van der Waals surface area (Å²) in [5.41, 5.74) is 3.62. The lowest BCUT2D eigenvalue weighted by atomic mass is 10.0. The molecule has 0 bridgehead atoms. The highest BCUT2D eigenvalue weighted by Gasteiger charge is 2.44. The zero-order valence-electron chi connectivity index (χ0n) is 20.6. The van der Waals surface area contributed by atoms with Gasteiger partial charge in [-0.2, -0.15) is 0 Å². The van der Waals surface area contributed by atoms with Gasteiger partial charge in [0.05, 0.1) is 10.9 Å². The zero-order valence-corrected chi connectivity index (χ0v) is 20.6. The van der Waals surface area contributed by atoms with Gasteiger partial charge in [0, 0.05) is 35.3 Å². The van der Waals surface area contributed by atoms with Crippen LogP contribution in [0.4, 0.5) is 0 Å². The summed E-state index contributed by atoms with van der Waals surface area (Å²) in [6.07, 6.45) is 2.42. The fourth-order valence-corrected chi connectivity index (χ4v) is 4.64. The summed E-state index contributed by atoms with van der Waals surface area (Å²) >= 11 is 0. The second kappa shape index (κ2) is 10.5. The second-order valence-corrected chi connectivity index (χ2v) is 9.05. The third kappa shape index (κ3) is 5.07. The SMILES string of the molecule is CCCc1c([C@@H]2C[C@H]2c2cccc(C)n2)oc2ccc(C(=O)OCCN(CC)CC)cc2c1=O. The van der Waals surface area contributed by atoms with Crippen LogP contribution in [0.1, 0.15) is 78.5 Å². The number of hydrogen-bond donors (Lipinski definition) is 0. The number of fused-ring (bicyclic) bond motifs is 1. The van der Waals surface area contributed by atoms with Crippen molar-refractivity contribution < 1.29 is 13.9 Å². The van der Waals surface area contributed by atoms with Crippen molar-refractivity contribution in [1.82, 2.24) is 9.88 Å². The van der Waals surface area contributed by atoms with Gasteiger partial charge in [0.2, 0.25) is 0 Å². The summed E-state index contributed by atoms with van der Waals surface area (Å²) in [5.74, 6) is 0.804. The van der Waals surface area contributed by atoms with Crippen molar-refractivity contribution in [3.05, 3.63) is 74.9 Å². The zero-order chi connectivity index (χ0) is 24.2. The minimum Gasteiger partial charge on any atom is -0.461 e. The molecule has 1 aliphatic carbocycles. The van der Waals surface area contributed by atoms with Crippen molar-refractivity contribution in [3.63, 3.8) is 0 Å². The Balaban J connectivity index is 1.60. The standard InChI is InChI=1S/C28H34N2O4/c1-5-9-20-26(31)23-16-19(28(32)33-15-14-30(6-2)7-3)12-13-25(23)34-27(20)22-17-21(22)24-11-8-10-18(4)29-24/h8,10-13,16,21-22H,5-7,9,14-15,17H2,1-4H3/t21-,22-/m1/s1. The molecule has 0 N–H and O–H groups in total. The molecular formula is C28H34N2O4. The number of pyridine rings is 1. The molecular weight excluding hydrogens is 428 g/mol. The van der Waals surface area contributed by atoms with E-state index in [9.17, 15) is 9.59 Å². The van der Waals surface area contributed by atoms with E-state index in [-0.39, 0.29) is 17.3 Å². The molecule has 1 saturated carbocycles. The van der Waals surface area contributed by atoms with E-state index in [0.29, 0.717) is 36.1 Å². The third-order valence-electron chi connectivity index (χ3n) is 6.70. The van der Waals surface area contributed by atoms with Crippen LogP contribution in [0, 0.1) is 6.92 Å². The van der Waals surface area contributed by atoms with Crippen molar-refractivity contribution in [1.29, 1.82) is 0 Å². The summed E-state index contributed by atoms with van der Waals surface area (Å²) in [6, 6.07) is 11.1. The van der Waals surface area contributed by atoms with Gasteiger partial charge in [-0.3, -0.25) is 9.78 Å². The molecule has 0 unspecified atom stereocenters. The molecule has 1 aliphatic rings. The molecule has 2 aromatic heterocycles. The van der Waals surface area contributed by atoms with E-state index in [1.54, 1.807) is 18.2 Å². The minimum absolute atomic E-state index is 0.0428. The smallest absolute Gasteiger partial charge is 0.338 e. The van der Waals surface area contributed by atoms with E-state index in [4.69, 9.17) is 9.15 Å². The lowest BCUT2D eigenvalue weighted by Gasteiger charge is -2.17. The minimum atomic E-state index is -0.414. The maximum Gasteiger partial charge on any atom is 0.338 e. The van der Waals surface area contributed by atoms with Crippen molar-refractivity contribution in [2.75, 3.05) is 26.2 Å². The Kier molecular flexibility index (Phi) is 7.47. The number of ether oxygens (including phenoxy) is 1. The number of benzene rings is 1. The first-order chi connectivity index (χ1) is 16.5. The molecule has 0 aliphatic heterocycles. The van der Waals surface area contributed by atoms with Crippen LogP contribution in [0.15, 0.2) is 45.6 Å². The highest BCUT2D eigenvalue weighted by Crippen LogP contribution is 2.55. The number of likely N-dealkylation sites (N-methyl/N-ethyl adjacent to an activating group) is 1. The van der Waals surface area contributed by atoms with Gasteiger partial charge in [-0.15, -0.1) is 0 Å². The molecule has 1 aromatic carbocycles. The Morgan fingerprint density at radius 3 is 2.65 bits per heavy atom. The summed E-state index contributed by atoms with van der Waals surface area (Å²) in [4.78, 5) is 33.0. The molecule has 0 amide bonds. The van der Waals surface area contributed by atoms with E-state index in [2.05, 4.69) is 36.7 Å². The summed E-state index contributed by atoms with van der Waals surface area (Å²) in [6.45, 7) is 11.1. The predicted octanol–water partition coefficient (Wildman–Crippen LogP) is 5.22. The predicted molar refractivity (Wildman–Crippen MR) is 134 cm³/mol. The topological polar surface area (TPSA) is 72.6 Å². The van der Waals surface area contributed by atoms with E-state index >= 15 is 0 Å². The van der Waals surface area contributed by atoms with Crippen molar-refractivity contribution in [2.24, 2.45) is 0 Å². The molecule has 34 heavy (non-hydrogen) atoms. The largest absolute Gasteiger partial charge is 0.461 e. The Morgan fingerprint density at radius 2 is 1.94 bits per heavy atom. The molecule has 6 nitrogen and oxygen atoms in total. The van der Waals surface area contributed by atoms with E-state index < -0.39 is 5.97 Å². The van der Waals surface area contributed by atoms with Crippen molar-refractivity contribution >= 4 is 16.9 Å². The number of aromatic nitrogens is 1. The van der Waals surface area contributed by atoms with Crippen LogP contribution in [0.3, 0.4) is 0 Å². The molecule has 1 fully saturated rings. The van der Waals surface area contributed by atoms with Gasteiger partial charge in [0.25, 0.3) is 0 Å². The van der Waals surface area contributed by atoms with Crippen LogP contribution < -0.4 is 5.43 Å². The lowest BCUT2D eigenvalue weighted by molar-refractivity contribution is 0.0466. The monoisotopic (exact) mass is 462 g/mol. The van der Waals surface area contributed by atoms with Crippen molar-refractivity contribution in [2.45, 2.75) is 58.8 Å². The number of rotatable bonds is 10. The van der Waals surface area contributed by atoms with Gasteiger partial charge in [0.15, 0.2) is 5.43 Å². The first-order valence-corrected chi connectivity index (χ1v) is 12.4. The highest BCUT2D eigenvalue weighted by atomic mass is 16.5. The molecule has 0 saturated heterocycles. The van der Waals surface area contributed by atoms with Crippen LogP contribution in [-0.4, -0.2) is 42.1 Å². The van der Waals surface area contributed by atoms with Crippen LogP contribution in [0.2, 0.25) is 0 Å². The van der Waals surface area contributed by atoms with Crippen LogP contribution in [-0.2, 0) is 11.2 Å². The molecule has 180 valence electrons. The van der Waals surface area contributed by atoms with Gasteiger partial charge in [-0.05, 0) is 63.2 Å². The lowest BCUT2D eigenvalue weighted by Crippen LogP contribution is -2.27. The second-order valence-electron chi connectivity index (χ2n) is 9.05. The molecule has 4 rings (SSSR count). The summed E-state index contributed by atoms with van der Waals surface area (Å²) < 4.78 is 11.8. The summed E-state index contributed by atoms with van der Waals surface area (Å²) in [7, 11) is 0.